The summed E-state index contributed by atoms with van der Waals surface area (Å²) >= 11 is 0. The Labute approximate surface area is 190 Å². The number of pyridine rings is 1. The third-order valence-corrected chi connectivity index (χ3v) is 6.80. The number of benzene rings is 1. The summed E-state index contributed by atoms with van der Waals surface area (Å²) in [5.74, 6) is -1.59. The van der Waals surface area contributed by atoms with Crippen LogP contribution in [0.2, 0.25) is 0 Å². The molecule has 3 heterocycles. The lowest BCUT2D eigenvalue weighted by atomic mass is 9.79. The zero-order valence-electron chi connectivity index (χ0n) is 18.4. The highest BCUT2D eigenvalue weighted by Gasteiger charge is 2.37. The van der Waals surface area contributed by atoms with Crippen molar-refractivity contribution in [1.82, 2.24) is 14.4 Å². The van der Waals surface area contributed by atoms with Gasteiger partial charge in [0.1, 0.15) is 11.6 Å². The van der Waals surface area contributed by atoms with Gasteiger partial charge in [-0.3, -0.25) is 9.63 Å². The van der Waals surface area contributed by atoms with Crippen LogP contribution in [-0.4, -0.2) is 27.0 Å². The van der Waals surface area contributed by atoms with E-state index in [1.807, 2.05) is 19.3 Å². The topological polar surface area (TPSA) is 46.8 Å². The van der Waals surface area contributed by atoms with Gasteiger partial charge in [-0.15, -0.1) is 0 Å². The van der Waals surface area contributed by atoms with Gasteiger partial charge in [0.25, 0.3) is 0 Å². The minimum Gasteiger partial charge on any atom is -0.304 e. The molecule has 2 fully saturated rings. The first-order chi connectivity index (χ1) is 15.9. The fraction of sp³-hybridized carbons (Fsp3) is 0.440. The molecule has 5 rings (SSSR count). The molecule has 1 aliphatic carbocycles. The lowest BCUT2D eigenvalue weighted by Gasteiger charge is -2.32. The van der Waals surface area contributed by atoms with E-state index in [0.29, 0.717) is 43.0 Å². The Morgan fingerprint density at radius 1 is 1.03 bits per heavy atom. The number of hydrogen-bond donors (Lipinski definition) is 0. The second kappa shape index (κ2) is 8.82. The molecule has 0 spiro atoms. The normalized spacial score (nSPS) is 23.4. The number of nitrogens with zero attached hydrogens (tertiary/aromatic N) is 3. The minimum atomic E-state index is -0.662. The van der Waals surface area contributed by atoms with E-state index in [9.17, 15) is 18.0 Å². The quantitative estimate of drug-likeness (QED) is 0.533. The Hall–Kier alpha value is -2.87. The van der Waals surface area contributed by atoms with Crippen molar-refractivity contribution in [3.8, 4) is 0 Å². The monoisotopic (exact) mass is 457 g/mol. The molecule has 3 aromatic rings. The van der Waals surface area contributed by atoms with Gasteiger partial charge in [0.2, 0.25) is 5.91 Å². The van der Waals surface area contributed by atoms with Crippen LogP contribution in [0.4, 0.5) is 13.2 Å². The number of imidazole rings is 1. The van der Waals surface area contributed by atoms with Gasteiger partial charge in [-0.2, -0.15) is 0 Å². The van der Waals surface area contributed by atoms with Gasteiger partial charge in [-0.05, 0) is 74.3 Å². The van der Waals surface area contributed by atoms with Gasteiger partial charge in [-0.25, -0.2) is 23.2 Å². The van der Waals surface area contributed by atoms with Crippen molar-refractivity contribution < 1.29 is 22.8 Å². The first-order valence-electron chi connectivity index (χ1n) is 11.4. The summed E-state index contributed by atoms with van der Waals surface area (Å²) < 4.78 is 43.5. The number of hydroxylamine groups is 2. The predicted molar refractivity (Wildman–Crippen MR) is 116 cm³/mol. The van der Waals surface area contributed by atoms with Crippen molar-refractivity contribution in [3.05, 3.63) is 70.9 Å². The number of hydrogen-bond acceptors (Lipinski definition) is 3. The maximum absolute atomic E-state index is 14.4. The van der Waals surface area contributed by atoms with Crippen LogP contribution in [0, 0.1) is 36.2 Å². The molecule has 2 aliphatic rings. The summed E-state index contributed by atoms with van der Waals surface area (Å²) in [5, 5.41) is 1.32. The van der Waals surface area contributed by atoms with Crippen LogP contribution in [0.5, 0.6) is 0 Å². The van der Waals surface area contributed by atoms with Crippen molar-refractivity contribution >= 4 is 11.6 Å². The summed E-state index contributed by atoms with van der Waals surface area (Å²) in [6.07, 6.45) is 8.12. The standard InChI is InChI=1S/C25H26F3N3O2/c1-15-13-30-14-17(9-22(28)24(30)29-15)8-16-2-4-18(5-3-16)25(32)31-23(6-7-33-31)19-10-20(26)12-21(27)11-19/h9-14,16,18,23H,2-8H2,1H3/t16-,18-,23-/m0/s1. The van der Waals surface area contributed by atoms with Crippen LogP contribution < -0.4 is 0 Å². The van der Waals surface area contributed by atoms with E-state index >= 15 is 0 Å². The highest BCUT2D eigenvalue weighted by molar-refractivity contribution is 5.78. The average molecular weight is 457 g/mol. The Morgan fingerprint density at radius 2 is 1.76 bits per heavy atom. The Bertz CT molecular complexity index is 1170. The second-order valence-corrected chi connectivity index (χ2v) is 9.24. The Kier molecular flexibility index (Phi) is 5.86. The van der Waals surface area contributed by atoms with Gasteiger partial charge in [-0.1, -0.05) is 0 Å². The molecule has 33 heavy (non-hydrogen) atoms. The number of amides is 1. The molecule has 1 aliphatic heterocycles. The number of rotatable bonds is 4. The van der Waals surface area contributed by atoms with Crippen molar-refractivity contribution in [3.63, 3.8) is 0 Å². The van der Waals surface area contributed by atoms with Gasteiger partial charge >= 0.3 is 0 Å². The van der Waals surface area contributed by atoms with Crippen molar-refractivity contribution in [1.29, 1.82) is 0 Å². The van der Waals surface area contributed by atoms with Crippen LogP contribution in [0.1, 0.15) is 55.0 Å². The summed E-state index contributed by atoms with van der Waals surface area (Å²) in [5.41, 5.74) is 2.44. The lowest BCUT2D eigenvalue weighted by molar-refractivity contribution is -0.183. The fourth-order valence-corrected chi connectivity index (χ4v) is 5.23. The molecular formula is C25H26F3N3O2. The van der Waals surface area contributed by atoms with Crippen LogP contribution >= 0.6 is 0 Å². The molecule has 1 saturated heterocycles. The SMILES string of the molecule is Cc1cn2cc(C[C@H]3CC[C@H](C(=O)N4OCC[C@H]4c4cc(F)cc(F)c4)CC3)cc(F)c2n1. The van der Waals surface area contributed by atoms with Crippen LogP contribution in [-0.2, 0) is 16.1 Å². The number of aromatic nitrogens is 2. The van der Waals surface area contributed by atoms with E-state index in [0.717, 1.165) is 36.6 Å². The maximum Gasteiger partial charge on any atom is 0.249 e. The van der Waals surface area contributed by atoms with Crippen LogP contribution in [0.3, 0.4) is 0 Å². The number of halogens is 3. The van der Waals surface area contributed by atoms with E-state index in [4.69, 9.17) is 4.84 Å². The molecule has 2 aromatic heterocycles. The molecule has 0 N–H and O–H groups in total. The van der Waals surface area contributed by atoms with Gasteiger partial charge in [0, 0.05) is 30.8 Å². The molecule has 1 atom stereocenters. The molecule has 0 bridgehead atoms. The van der Waals surface area contributed by atoms with E-state index in [2.05, 4.69) is 4.98 Å². The second-order valence-electron chi connectivity index (χ2n) is 9.24. The molecule has 1 aromatic carbocycles. The third-order valence-electron chi connectivity index (χ3n) is 6.80. The third kappa shape index (κ3) is 4.49. The van der Waals surface area contributed by atoms with E-state index in [1.165, 1.54) is 17.2 Å². The molecule has 8 heteroatoms. The lowest BCUT2D eigenvalue weighted by Crippen LogP contribution is -2.36. The van der Waals surface area contributed by atoms with E-state index in [1.54, 1.807) is 10.5 Å². The first kappa shape index (κ1) is 21.9. The number of aryl methyl sites for hydroxylation is 1. The number of fused-ring (bicyclic) bond motifs is 1. The molecule has 1 saturated carbocycles. The van der Waals surface area contributed by atoms with E-state index < -0.39 is 17.7 Å². The average Bonchev–Trinajstić information content (AvgIpc) is 3.40. The van der Waals surface area contributed by atoms with E-state index in [-0.39, 0.29) is 17.6 Å². The highest BCUT2D eigenvalue weighted by atomic mass is 19.1. The Balaban J connectivity index is 1.22. The van der Waals surface area contributed by atoms with Crippen molar-refractivity contribution in [2.24, 2.45) is 11.8 Å². The molecule has 0 radical (unpaired) electrons. The molecule has 0 unspecified atom stereocenters. The summed E-state index contributed by atoms with van der Waals surface area (Å²) in [4.78, 5) is 22.9. The molecule has 5 nitrogen and oxygen atoms in total. The number of carbonyl (C=O) groups is 1. The smallest absolute Gasteiger partial charge is 0.249 e. The minimum absolute atomic E-state index is 0.123. The zero-order chi connectivity index (χ0) is 23.1. The van der Waals surface area contributed by atoms with Gasteiger partial charge in [0.05, 0.1) is 18.3 Å². The first-order valence-corrected chi connectivity index (χ1v) is 11.4. The van der Waals surface area contributed by atoms with Gasteiger partial charge < -0.3 is 4.40 Å². The predicted octanol–water partition coefficient (Wildman–Crippen LogP) is 5.31. The zero-order valence-corrected chi connectivity index (χ0v) is 18.4. The largest absolute Gasteiger partial charge is 0.304 e. The Morgan fingerprint density at radius 3 is 2.48 bits per heavy atom. The van der Waals surface area contributed by atoms with Crippen molar-refractivity contribution in [2.45, 2.75) is 51.5 Å². The highest BCUT2D eigenvalue weighted by Crippen LogP contribution is 2.37. The summed E-state index contributed by atoms with van der Waals surface area (Å²) in [7, 11) is 0. The fourth-order valence-electron chi connectivity index (χ4n) is 5.23. The van der Waals surface area contributed by atoms with Crippen LogP contribution in [0.25, 0.3) is 5.65 Å². The molecule has 174 valence electrons. The van der Waals surface area contributed by atoms with Gasteiger partial charge in [0.15, 0.2) is 11.5 Å². The van der Waals surface area contributed by atoms with Crippen molar-refractivity contribution in [2.75, 3.05) is 6.61 Å². The molecular weight excluding hydrogens is 431 g/mol. The van der Waals surface area contributed by atoms with Crippen LogP contribution in [0.15, 0.2) is 36.7 Å². The number of carbonyl (C=O) groups excluding carboxylic acids is 1. The summed E-state index contributed by atoms with van der Waals surface area (Å²) in [6, 6.07) is 4.42. The summed E-state index contributed by atoms with van der Waals surface area (Å²) in [6.45, 7) is 2.18. The molecule has 1 amide bonds. The maximum atomic E-state index is 14.4.